The van der Waals surface area contributed by atoms with Crippen molar-refractivity contribution in [1.82, 2.24) is 9.80 Å². The number of nitro groups is 1. The van der Waals surface area contributed by atoms with Crippen molar-refractivity contribution in [2.24, 2.45) is 0 Å². The van der Waals surface area contributed by atoms with Crippen LogP contribution in [0.25, 0.3) is 0 Å². The summed E-state index contributed by atoms with van der Waals surface area (Å²) < 4.78 is 24.6. The first-order chi connectivity index (χ1) is 10.7. The molecule has 0 unspecified atom stereocenters. The van der Waals surface area contributed by atoms with Crippen molar-refractivity contribution in [3.05, 3.63) is 34.4 Å². The predicted molar refractivity (Wildman–Crippen MR) is 85.1 cm³/mol. The Kier molecular flexibility index (Phi) is 5.35. The van der Waals surface area contributed by atoms with Crippen molar-refractivity contribution in [2.45, 2.75) is 17.0 Å². The Morgan fingerprint density at radius 2 is 1.91 bits per heavy atom. The van der Waals surface area contributed by atoms with E-state index in [1.54, 1.807) is 0 Å². The summed E-state index contributed by atoms with van der Waals surface area (Å²) in [7, 11) is 0.255. The van der Waals surface area contributed by atoms with Crippen LogP contribution in [0.4, 0.5) is 5.69 Å². The molecule has 1 aromatic rings. The summed E-state index contributed by atoms with van der Waals surface area (Å²) in [6.45, 7) is 1.38. The van der Waals surface area contributed by atoms with Crippen LogP contribution in [0, 0.1) is 10.1 Å². The number of nitro benzene ring substituents is 1. The van der Waals surface area contributed by atoms with E-state index in [1.165, 1.54) is 24.3 Å². The lowest BCUT2D eigenvalue weighted by atomic mass is 10.2. The van der Waals surface area contributed by atoms with Crippen molar-refractivity contribution < 1.29 is 18.4 Å². The maximum Gasteiger partial charge on any atom is 0.269 e. The summed E-state index contributed by atoms with van der Waals surface area (Å²) in [5.41, 5.74) is -0.138. The summed E-state index contributed by atoms with van der Waals surface area (Å²) in [4.78, 5) is 14.0. The molecule has 0 bridgehead atoms. The van der Waals surface area contributed by atoms with Gasteiger partial charge in [0.15, 0.2) is 9.84 Å². The first kappa shape index (κ1) is 17.8. The fourth-order valence-corrected chi connectivity index (χ4v) is 3.96. The molecule has 1 heterocycles. The van der Waals surface area contributed by atoms with Gasteiger partial charge in [0.1, 0.15) is 0 Å². The number of likely N-dealkylation sites (tertiary alicyclic amines) is 1. The van der Waals surface area contributed by atoms with Crippen LogP contribution >= 0.6 is 0 Å². The van der Waals surface area contributed by atoms with Gasteiger partial charge in [0.2, 0.25) is 0 Å². The van der Waals surface area contributed by atoms with E-state index in [1.807, 2.05) is 23.9 Å². The fourth-order valence-electron chi connectivity index (χ4n) is 2.68. The largest absolute Gasteiger partial charge is 0.390 e. The first-order valence-electron chi connectivity index (χ1n) is 7.25. The van der Waals surface area contributed by atoms with Crippen LogP contribution in [-0.4, -0.2) is 79.9 Å². The van der Waals surface area contributed by atoms with Gasteiger partial charge >= 0.3 is 0 Å². The van der Waals surface area contributed by atoms with Crippen LogP contribution < -0.4 is 0 Å². The van der Waals surface area contributed by atoms with Crippen molar-refractivity contribution in [1.29, 1.82) is 0 Å². The van der Waals surface area contributed by atoms with Gasteiger partial charge in [-0.1, -0.05) is 0 Å². The Morgan fingerprint density at radius 3 is 2.39 bits per heavy atom. The smallest absolute Gasteiger partial charge is 0.269 e. The van der Waals surface area contributed by atoms with E-state index in [2.05, 4.69) is 0 Å². The van der Waals surface area contributed by atoms with E-state index in [0.717, 1.165) is 0 Å². The van der Waals surface area contributed by atoms with Gasteiger partial charge in [-0.15, -0.1) is 0 Å². The number of aliphatic hydroxyl groups excluding tert-OH is 1. The summed E-state index contributed by atoms with van der Waals surface area (Å²) in [5.74, 6) is -0.0856. The normalized spacial score (nSPS) is 22.6. The van der Waals surface area contributed by atoms with E-state index in [-0.39, 0.29) is 22.4 Å². The topological polar surface area (TPSA) is 104 Å². The Labute approximate surface area is 135 Å². The van der Waals surface area contributed by atoms with Gasteiger partial charge in [-0.3, -0.25) is 15.0 Å². The molecule has 1 fully saturated rings. The minimum absolute atomic E-state index is 0.00270. The molecule has 0 radical (unpaired) electrons. The van der Waals surface area contributed by atoms with Gasteiger partial charge in [0, 0.05) is 37.8 Å². The molecule has 0 saturated carbocycles. The second-order valence-corrected chi connectivity index (χ2v) is 8.04. The third-order valence-corrected chi connectivity index (χ3v) is 5.79. The monoisotopic (exact) mass is 343 g/mol. The molecule has 9 heteroatoms. The van der Waals surface area contributed by atoms with Gasteiger partial charge in [-0.2, -0.15) is 0 Å². The molecule has 1 N–H and O–H groups in total. The van der Waals surface area contributed by atoms with E-state index < -0.39 is 20.9 Å². The van der Waals surface area contributed by atoms with Crippen LogP contribution in [0.1, 0.15) is 0 Å². The van der Waals surface area contributed by atoms with Crippen molar-refractivity contribution >= 4 is 15.5 Å². The number of β-amino-alcohol motifs (C(OH)–C–C–N with tert-alkyl or cyclic N) is 1. The Morgan fingerprint density at radius 1 is 1.30 bits per heavy atom. The molecule has 2 rings (SSSR count). The number of nitrogens with zero attached hydrogens (tertiary/aromatic N) is 3. The number of likely N-dealkylation sites (N-methyl/N-ethyl adjacent to an activating group) is 1. The van der Waals surface area contributed by atoms with Crippen molar-refractivity contribution in [2.75, 3.05) is 39.5 Å². The average Bonchev–Trinajstić information content (AvgIpc) is 2.87. The van der Waals surface area contributed by atoms with E-state index in [0.29, 0.717) is 19.6 Å². The minimum Gasteiger partial charge on any atom is -0.390 e. The summed E-state index contributed by atoms with van der Waals surface area (Å²) in [6, 6.07) is 4.89. The van der Waals surface area contributed by atoms with Gasteiger partial charge in [-0.25, -0.2) is 8.42 Å². The number of hydrogen-bond acceptors (Lipinski definition) is 7. The number of non-ortho nitro benzene ring substituents is 1. The lowest BCUT2D eigenvalue weighted by Gasteiger charge is -2.21. The van der Waals surface area contributed by atoms with Gasteiger partial charge < -0.3 is 10.0 Å². The van der Waals surface area contributed by atoms with Crippen LogP contribution in [0.3, 0.4) is 0 Å². The maximum atomic E-state index is 12.3. The molecule has 8 nitrogen and oxygen atoms in total. The standard InChI is InChI=1S/C14H21N3O5S/c1-15(2)13-9-16(10-14(13)18)7-8-23(21,22)12-5-3-11(4-6-12)17(19)20/h3-6,13-14,18H,7-10H2,1-2H3/t13-,14-/m0/s1. The highest BCUT2D eigenvalue weighted by atomic mass is 32.2. The summed E-state index contributed by atoms with van der Waals surface area (Å²) >= 11 is 0. The van der Waals surface area contributed by atoms with Crippen LogP contribution in [0.2, 0.25) is 0 Å². The molecule has 1 aromatic carbocycles. The maximum absolute atomic E-state index is 12.3. The van der Waals surface area contributed by atoms with Crippen LogP contribution in [0.15, 0.2) is 29.2 Å². The molecule has 128 valence electrons. The molecule has 1 saturated heterocycles. The zero-order valence-corrected chi connectivity index (χ0v) is 13.9. The lowest BCUT2D eigenvalue weighted by molar-refractivity contribution is -0.384. The van der Waals surface area contributed by atoms with E-state index >= 15 is 0 Å². The van der Waals surface area contributed by atoms with Crippen LogP contribution in [-0.2, 0) is 9.84 Å². The molecule has 0 aromatic heterocycles. The van der Waals surface area contributed by atoms with Crippen LogP contribution in [0.5, 0.6) is 0 Å². The molecule has 23 heavy (non-hydrogen) atoms. The predicted octanol–water partition coefficient (Wildman–Crippen LogP) is -0.0248. The molecule has 0 spiro atoms. The average molecular weight is 343 g/mol. The number of benzene rings is 1. The lowest BCUT2D eigenvalue weighted by Crippen LogP contribution is -2.38. The molecule has 0 aliphatic carbocycles. The number of rotatable bonds is 6. The molecular formula is C14H21N3O5S. The van der Waals surface area contributed by atoms with Gasteiger partial charge in [0.05, 0.1) is 21.7 Å². The molecular weight excluding hydrogens is 322 g/mol. The highest BCUT2D eigenvalue weighted by molar-refractivity contribution is 7.91. The minimum atomic E-state index is -3.50. The Bertz CT molecular complexity index is 659. The highest BCUT2D eigenvalue weighted by Crippen LogP contribution is 2.18. The third-order valence-electron chi connectivity index (χ3n) is 4.08. The zero-order valence-electron chi connectivity index (χ0n) is 13.1. The zero-order chi connectivity index (χ0) is 17.2. The fraction of sp³-hybridized carbons (Fsp3) is 0.571. The summed E-state index contributed by atoms with van der Waals surface area (Å²) in [6.07, 6.45) is -0.493. The van der Waals surface area contributed by atoms with E-state index in [4.69, 9.17) is 0 Å². The molecule has 0 amide bonds. The number of sulfone groups is 1. The third kappa shape index (κ3) is 4.25. The molecule has 2 atom stereocenters. The summed E-state index contributed by atoms with van der Waals surface area (Å²) in [5, 5.41) is 20.6. The second kappa shape index (κ2) is 6.91. The van der Waals surface area contributed by atoms with Gasteiger partial charge in [0.25, 0.3) is 5.69 Å². The SMILES string of the molecule is CN(C)[C@H]1CN(CCS(=O)(=O)c2ccc([N+](=O)[O-])cc2)C[C@@H]1O. The first-order valence-corrected chi connectivity index (χ1v) is 8.90. The Hall–Kier alpha value is -1.55. The van der Waals surface area contributed by atoms with Crippen molar-refractivity contribution in [3.63, 3.8) is 0 Å². The Balaban J connectivity index is 1.98. The number of aliphatic hydroxyl groups is 1. The quantitative estimate of drug-likeness (QED) is 0.571. The number of hydrogen-bond donors (Lipinski definition) is 1. The van der Waals surface area contributed by atoms with Gasteiger partial charge in [-0.05, 0) is 26.2 Å². The molecule has 1 aliphatic heterocycles. The molecule has 1 aliphatic rings. The van der Waals surface area contributed by atoms with Crippen molar-refractivity contribution in [3.8, 4) is 0 Å². The van der Waals surface area contributed by atoms with E-state index in [9.17, 15) is 23.6 Å². The second-order valence-electron chi connectivity index (χ2n) is 5.93. The highest BCUT2D eigenvalue weighted by Gasteiger charge is 2.33.